The van der Waals surface area contributed by atoms with Crippen molar-refractivity contribution in [2.45, 2.75) is 31.4 Å². The van der Waals surface area contributed by atoms with Gasteiger partial charge >= 0.3 is 0 Å². The smallest absolute Gasteiger partial charge is 0.193 e. The van der Waals surface area contributed by atoms with Crippen LogP contribution in [-0.4, -0.2) is 12.9 Å². The van der Waals surface area contributed by atoms with Gasteiger partial charge < -0.3 is 4.74 Å². The number of methoxy groups -OCH3 is 1. The quantitative estimate of drug-likeness (QED) is 0.768. The molecule has 2 nitrogen and oxygen atoms in total. The van der Waals surface area contributed by atoms with Crippen molar-refractivity contribution in [3.05, 3.63) is 29.8 Å². The Bertz CT molecular complexity index is 403. The summed E-state index contributed by atoms with van der Waals surface area (Å²) in [5.74, 6) is 0.292. The molecule has 0 spiro atoms. The number of ketones is 1. The lowest BCUT2D eigenvalue weighted by atomic mass is 9.80. The highest BCUT2D eigenvalue weighted by Crippen LogP contribution is 2.39. The summed E-state index contributed by atoms with van der Waals surface area (Å²) in [7, 11) is 1.53. The number of hydrogen-bond donors (Lipinski definition) is 0. The minimum Gasteiger partial charge on any atom is -0.497 e. The predicted octanol–water partition coefficient (Wildman–Crippen LogP) is 3.00. The minimum atomic E-state index is -1.80. The predicted molar refractivity (Wildman–Crippen MR) is 59.3 cm³/mol. The Morgan fingerprint density at radius 3 is 2.88 bits per heavy atom. The fourth-order valence-corrected chi connectivity index (χ4v) is 2.17. The zero-order valence-corrected chi connectivity index (χ0v) is 9.33. The lowest BCUT2D eigenvalue weighted by Gasteiger charge is -2.28. The standard InChI is InChI=1S/C13H15FO2/c1-16-11-6-4-5-10(9-11)13(14)8-3-2-7-12(13)15/h4-6,9H,2-3,7-8H2,1H3/t13-/m1/s1. The minimum absolute atomic E-state index is 0.291. The van der Waals surface area contributed by atoms with Gasteiger partial charge in [0.2, 0.25) is 0 Å². The van der Waals surface area contributed by atoms with Gasteiger partial charge in [-0.15, -0.1) is 0 Å². The van der Waals surface area contributed by atoms with E-state index in [0.717, 1.165) is 12.8 Å². The third-order valence-electron chi connectivity index (χ3n) is 3.14. The van der Waals surface area contributed by atoms with Gasteiger partial charge in [0.05, 0.1) is 7.11 Å². The summed E-state index contributed by atoms with van der Waals surface area (Å²) in [5, 5.41) is 0. The first kappa shape index (κ1) is 11.1. The maximum absolute atomic E-state index is 14.6. The van der Waals surface area contributed by atoms with Crippen molar-refractivity contribution < 1.29 is 13.9 Å². The van der Waals surface area contributed by atoms with E-state index >= 15 is 0 Å². The summed E-state index contributed by atoms with van der Waals surface area (Å²) in [4.78, 5) is 11.7. The molecular weight excluding hydrogens is 207 g/mol. The number of carbonyl (C=O) groups excluding carboxylic acids is 1. The number of carbonyl (C=O) groups is 1. The van der Waals surface area contributed by atoms with Crippen LogP contribution in [0.5, 0.6) is 5.75 Å². The molecule has 1 aromatic carbocycles. The third kappa shape index (κ3) is 1.82. The van der Waals surface area contributed by atoms with Crippen LogP contribution in [0.2, 0.25) is 0 Å². The molecule has 0 unspecified atom stereocenters. The molecule has 0 aromatic heterocycles. The molecule has 16 heavy (non-hydrogen) atoms. The highest BCUT2D eigenvalue weighted by atomic mass is 19.1. The number of hydrogen-bond acceptors (Lipinski definition) is 2. The first-order valence-electron chi connectivity index (χ1n) is 5.53. The van der Waals surface area contributed by atoms with E-state index in [1.807, 2.05) is 0 Å². The van der Waals surface area contributed by atoms with Gasteiger partial charge in [0.15, 0.2) is 11.5 Å². The molecule has 0 amide bonds. The van der Waals surface area contributed by atoms with E-state index < -0.39 is 5.67 Å². The number of ether oxygens (including phenoxy) is 1. The number of benzene rings is 1. The van der Waals surface area contributed by atoms with Crippen LogP contribution in [0.3, 0.4) is 0 Å². The summed E-state index contributed by atoms with van der Waals surface area (Å²) in [6.45, 7) is 0. The van der Waals surface area contributed by atoms with E-state index in [2.05, 4.69) is 0 Å². The number of rotatable bonds is 2. The van der Waals surface area contributed by atoms with Crippen LogP contribution < -0.4 is 4.74 Å². The van der Waals surface area contributed by atoms with Gasteiger partial charge in [-0.2, -0.15) is 0 Å². The van der Waals surface area contributed by atoms with Crippen LogP contribution in [0.15, 0.2) is 24.3 Å². The van der Waals surface area contributed by atoms with Crippen molar-refractivity contribution in [3.63, 3.8) is 0 Å². The molecule has 0 saturated heterocycles. The second-order valence-electron chi connectivity index (χ2n) is 4.16. The van der Waals surface area contributed by atoms with Crippen molar-refractivity contribution in [2.75, 3.05) is 7.11 Å². The van der Waals surface area contributed by atoms with Crippen LogP contribution in [-0.2, 0) is 10.5 Å². The second kappa shape index (κ2) is 4.24. The van der Waals surface area contributed by atoms with Crippen molar-refractivity contribution >= 4 is 5.78 Å². The fourth-order valence-electron chi connectivity index (χ4n) is 2.17. The Balaban J connectivity index is 2.37. The summed E-state index contributed by atoms with van der Waals surface area (Å²) < 4.78 is 19.7. The summed E-state index contributed by atoms with van der Waals surface area (Å²) in [5.41, 5.74) is -1.37. The molecule has 86 valence electrons. The summed E-state index contributed by atoms with van der Waals surface area (Å²) >= 11 is 0. The average Bonchev–Trinajstić information content (AvgIpc) is 2.33. The summed E-state index contributed by atoms with van der Waals surface area (Å²) in [6, 6.07) is 6.74. The first-order chi connectivity index (χ1) is 7.66. The molecule has 1 aliphatic carbocycles. The van der Waals surface area contributed by atoms with Crippen LogP contribution in [0, 0.1) is 0 Å². The van der Waals surface area contributed by atoms with Crippen molar-refractivity contribution in [2.24, 2.45) is 0 Å². The molecule has 3 heteroatoms. The zero-order valence-electron chi connectivity index (χ0n) is 9.33. The molecule has 0 N–H and O–H groups in total. The molecule has 1 atom stereocenters. The molecule has 0 bridgehead atoms. The highest BCUT2D eigenvalue weighted by Gasteiger charge is 2.41. The van der Waals surface area contributed by atoms with Gasteiger partial charge in [-0.05, 0) is 31.4 Å². The third-order valence-corrected chi connectivity index (χ3v) is 3.14. The second-order valence-corrected chi connectivity index (χ2v) is 4.16. The summed E-state index contributed by atoms with van der Waals surface area (Å²) in [6.07, 6.45) is 2.20. The van der Waals surface area contributed by atoms with E-state index in [9.17, 15) is 9.18 Å². The van der Waals surface area contributed by atoms with Gasteiger partial charge in [-0.1, -0.05) is 12.1 Å². The topological polar surface area (TPSA) is 26.3 Å². The zero-order chi connectivity index (χ0) is 11.6. The van der Waals surface area contributed by atoms with Gasteiger partial charge in [0, 0.05) is 12.0 Å². The highest BCUT2D eigenvalue weighted by molar-refractivity contribution is 5.89. The van der Waals surface area contributed by atoms with Crippen molar-refractivity contribution in [3.8, 4) is 5.75 Å². The van der Waals surface area contributed by atoms with Crippen LogP contribution in [0.4, 0.5) is 4.39 Å². The van der Waals surface area contributed by atoms with Gasteiger partial charge in [0.25, 0.3) is 0 Å². The van der Waals surface area contributed by atoms with Crippen LogP contribution in [0.25, 0.3) is 0 Å². The van der Waals surface area contributed by atoms with Crippen molar-refractivity contribution in [1.82, 2.24) is 0 Å². The molecule has 1 fully saturated rings. The molecule has 0 aliphatic heterocycles. The molecule has 0 radical (unpaired) electrons. The maximum atomic E-state index is 14.6. The van der Waals surface area contributed by atoms with E-state index in [1.54, 1.807) is 24.3 Å². The Kier molecular flexibility index (Phi) is 2.95. The molecule has 0 heterocycles. The molecule has 1 aromatic rings. The van der Waals surface area contributed by atoms with E-state index in [4.69, 9.17) is 4.74 Å². The Labute approximate surface area is 94.4 Å². The van der Waals surface area contributed by atoms with E-state index in [-0.39, 0.29) is 5.78 Å². The molecule has 2 rings (SSSR count). The fraction of sp³-hybridized carbons (Fsp3) is 0.462. The van der Waals surface area contributed by atoms with E-state index in [0.29, 0.717) is 24.2 Å². The monoisotopic (exact) mass is 222 g/mol. The SMILES string of the molecule is COc1cccc([C@]2(F)CCCCC2=O)c1. The van der Waals surface area contributed by atoms with Gasteiger partial charge in [-0.25, -0.2) is 4.39 Å². The average molecular weight is 222 g/mol. The Morgan fingerprint density at radius 1 is 1.38 bits per heavy atom. The number of halogens is 1. The van der Waals surface area contributed by atoms with Crippen LogP contribution >= 0.6 is 0 Å². The Morgan fingerprint density at radius 2 is 2.19 bits per heavy atom. The Hall–Kier alpha value is -1.38. The van der Waals surface area contributed by atoms with E-state index in [1.165, 1.54) is 7.11 Å². The normalized spacial score (nSPS) is 25.5. The molecule has 1 aliphatic rings. The number of alkyl halides is 1. The first-order valence-corrected chi connectivity index (χ1v) is 5.53. The molecule has 1 saturated carbocycles. The number of Topliss-reactive ketones (excluding diaryl/α,β-unsaturated/α-hetero) is 1. The lowest BCUT2D eigenvalue weighted by molar-refractivity contribution is -0.134. The van der Waals surface area contributed by atoms with Gasteiger partial charge in [-0.3, -0.25) is 4.79 Å². The molecular formula is C13H15FO2. The maximum Gasteiger partial charge on any atom is 0.193 e. The largest absolute Gasteiger partial charge is 0.497 e. The van der Waals surface area contributed by atoms with Crippen LogP contribution in [0.1, 0.15) is 31.2 Å². The van der Waals surface area contributed by atoms with Crippen molar-refractivity contribution in [1.29, 1.82) is 0 Å². The lowest BCUT2D eigenvalue weighted by Crippen LogP contribution is -2.34. The van der Waals surface area contributed by atoms with Gasteiger partial charge in [0.1, 0.15) is 5.75 Å².